The van der Waals surface area contributed by atoms with Crippen LogP contribution in [0.2, 0.25) is 5.02 Å². The third-order valence-electron chi connectivity index (χ3n) is 6.21. The highest BCUT2D eigenvalue weighted by Crippen LogP contribution is 2.55. The molecule has 0 unspecified atom stereocenters. The number of carbonyl (C=O) groups is 1. The van der Waals surface area contributed by atoms with Crippen molar-refractivity contribution in [2.45, 2.75) is 18.0 Å². The lowest BCUT2D eigenvalue weighted by molar-refractivity contribution is 0.0951. The van der Waals surface area contributed by atoms with Gasteiger partial charge < -0.3 is 4.90 Å². The van der Waals surface area contributed by atoms with E-state index in [1.54, 1.807) is 24.3 Å². The number of thiophene rings is 1. The fourth-order valence-corrected chi connectivity index (χ4v) is 5.67. The highest BCUT2D eigenvalue weighted by molar-refractivity contribution is 7.08. The van der Waals surface area contributed by atoms with Crippen molar-refractivity contribution in [3.63, 3.8) is 0 Å². The van der Waals surface area contributed by atoms with Gasteiger partial charge in [-0.15, -0.1) is 0 Å². The number of nitrogens with zero attached hydrogens (tertiary/aromatic N) is 3. The van der Waals surface area contributed by atoms with Gasteiger partial charge in [0.2, 0.25) is 0 Å². The predicted octanol–water partition coefficient (Wildman–Crippen LogP) is 5.69. The summed E-state index contributed by atoms with van der Waals surface area (Å²) in [6, 6.07) is 19.9. The van der Waals surface area contributed by atoms with Crippen LogP contribution < -0.4 is 4.90 Å². The topological polar surface area (TPSA) is 67.9 Å². The van der Waals surface area contributed by atoms with Gasteiger partial charge in [-0.25, -0.2) is 0 Å². The van der Waals surface area contributed by atoms with E-state index in [1.165, 1.54) is 11.3 Å². The summed E-state index contributed by atoms with van der Waals surface area (Å²) in [5, 5.41) is 25.0. The fourth-order valence-electron chi connectivity index (χ4n) is 4.84. The summed E-state index contributed by atoms with van der Waals surface area (Å²) >= 11 is 7.53. The van der Waals surface area contributed by atoms with E-state index in [1.807, 2.05) is 58.1 Å². The summed E-state index contributed by atoms with van der Waals surface area (Å²) in [5.74, 6) is -0.729. The molecule has 3 atom stereocenters. The van der Waals surface area contributed by atoms with Gasteiger partial charge in [0.25, 0.3) is 0 Å². The van der Waals surface area contributed by atoms with Crippen LogP contribution in [0.25, 0.3) is 6.08 Å². The molecule has 31 heavy (non-hydrogen) atoms. The Morgan fingerprint density at radius 3 is 2.48 bits per heavy atom. The van der Waals surface area contributed by atoms with Crippen LogP contribution in [0.1, 0.15) is 27.4 Å². The van der Waals surface area contributed by atoms with Crippen LogP contribution in [0.4, 0.5) is 5.69 Å². The lowest BCUT2D eigenvalue weighted by Crippen LogP contribution is -2.44. The molecule has 0 amide bonds. The third kappa shape index (κ3) is 2.82. The molecule has 6 heteroatoms. The number of fused-ring (bicyclic) bond motifs is 3. The number of ketones is 1. The van der Waals surface area contributed by atoms with Crippen molar-refractivity contribution in [2.24, 2.45) is 5.41 Å². The summed E-state index contributed by atoms with van der Waals surface area (Å²) < 4.78 is 0. The Hall–Kier alpha value is -3.38. The SMILES string of the molecule is N#CC1(C#N)[C@H](c2ccsc2)[C@H](C(=O)c2ccc(Cl)cc2)N2c3ccccc3C=C[C@@H]21. The number of rotatable bonds is 3. The first-order chi connectivity index (χ1) is 15.1. The van der Waals surface area contributed by atoms with Gasteiger partial charge in [-0.1, -0.05) is 42.0 Å². The maximum absolute atomic E-state index is 13.9. The van der Waals surface area contributed by atoms with Gasteiger partial charge >= 0.3 is 0 Å². The normalized spacial score (nSPS) is 22.8. The number of benzene rings is 2. The highest BCUT2D eigenvalue weighted by atomic mass is 35.5. The number of nitriles is 2. The minimum absolute atomic E-state index is 0.129. The average Bonchev–Trinajstić information content (AvgIpc) is 3.43. The first-order valence-electron chi connectivity index (χ1n) is 9.80. The molecule has 0 aliphatic carbocycles. The summed E-state index contributed by atoms with van der Waals surface area (Å²) in [6.45, 7) is 0. The van der Waals surface area contributed by atoms with Crippen LogP contribution in [-0.2, 0) is 0 Å². The van der Waals surface area contributed by atoms with Crippen molar-refractivity contribution in [1.29, 1.82) is 10.5 Å². The number of Topliss-reactive ketones (excluding diaryl/α,β-unsaturated/α-hetero) is 1. The molecular weight excluding hydrogens is 426 g/mol. The van der Waals surface area contributed by atoms with E-state index in [9.17, 15) is 15.3 Å². The van der Waals surface area contributed by atoms with Gasteiger partial charge in [0.1, 0.15) is 6.04 Å². The Balaban J connectivity index is 1.77. The van der Waals surface area contributed by atoms with Crippen molar-refractivity contribution in [3.8, 4) is 12.1 Å². The second-order valence-corrected chi connectivity index (χ2v) is 8.93. The molecule has 1 saturated heterocycles. The zero-order chi connectivity index (χ0) is 21.6. The van der Waals surface area contributed by atoms with Crippen LogP contribution >= 0.6 is 22.9 Å². The van der Waals surface area contributed by atoms with E-state index >= 15 is 0 Å². The Kier molecular flexibility index (Phi) is 4.67. The second kappa shape index (κ2) is 7.39. The van der Waals surface area contributed by atoms with Crippen LogP contribution in [0, 0.1) is 28.1 Å². The monoisotopic (exact) mass is 441 g/mol. The van der Waals surface area contributed by atoms with Crippen LogP contribution in [0.3, 0.4) is 0 Å². The Bertz CT molecular complexity index is 1250. The van der Waals surface area contributed by atoms with Gasteiger partial charge in [-0.2, -0.15) is 21.9 Å². The van der Waals surface area contributed by atoms with E-state index in [0.717, 1.165) is 16.8 Å². The lowest BCUT2D eigenvalue weighted by atomic mass is 9.69. The standard InChI is InChI=1S/C25H16ClN3OS/c26-19-8-5-17(6-9-19)24(30)23-22(18-11-12-31-13-18)25(14-27,15-28)21-10-7-16-3-1-2-4-20(16)29(21)23/h1-13,21-23H/t21-,22-,23-/m1/s1. The van der Waals surface area contributed by atoms with E-state index in [2.05, 4.69) is 12.1 Å². The molecule has 4 nitrogen and oxygen atoms in total. The molecule has 5 rings (SSSR count). The largest absolute Gasteiger partial charge is 0.351 e. The number of carbonyl (C=O) groups excluding carboxylic acids is 1. The summed E-state index contributed by atoms with van der Waals surface area (Å²) in [6.07, 6.45) is 3.84. The lowest BCUT2D eigenvalue weighted by Gasteiger charge is -2.35. The van der Waals surface area contributed by atoms with E-state index < -0.39 is 23.4 Å². The maximum atomic E-state index is 13.9. The quantitative estimate of drug-likeness (QED) is 0.490. The molecule has 3 heterocycles. The van der Waals surface area contributed by atoms with E-state index in [-0.39, 0.29) is 5.78 Å². The minimum atomic E-state index is -1.40. The number of para-hydroxylation sites is 1. The van der Waals surface area contributed by atoms with Crippen LogP contribution in [0.15, 0.2) is 71.4 Å². The van der Waals surface area contributed by atoms with Crippen LogP contribution in [-0.4, -0.2) is 17.9 Å². The molecular formula is C25H16ClN3OS. The molecule has 3 aromatic rings. The second-order valence-electron chi connectivity index (χ2n) is 7.71. The zero-order valence-corrected chi connectivity index (χ0v) is 17.8. The van der Waals surface area contributed by atoms with Crippen molar-refractivity contribution in [1.82, 2.24) is 0 Å². The molecule has 1 fully saturated rings. The molecule has 0 spiro atoms. The Labute approximate surface area is 189 Å². The maximum Gasteiger partial charge on any atom is 0.185 e. The van der Waals surface area contributed by atoms with Gasteiger partial charge in [-0.05, 0) is 58.3 Å². The predicted molar refractivity (Wildman–Crippen MR) is 122 cm³/mol. The number of hydrogen-bond acceptors (Lipinski definition) is 5. The molecule has 1 aromatic heterocycles. The average molecular weight is 442 g/mol. The molecule has 2 aromatic carbocycles. The first-order valence-corrected chi connectivity index (χ1v) is 11.1. The van der Waals surface area contributed by atoms with Crippen molar-refractivity contribution in [3.05, 3.63) is 93.1 Å². The fraction of sp³-hybridized carbons (Fsp3) is 0.160. The van der Waals surface area contributed by atoms with Crippen LogP contribution in [0.5, 0.6) is 0 Å². The molecule has 2 aliphatic heterocycles. The molecule has 0 N–H and O–H groups in total. The number of hydrogen-bond donors (Lipinski definition) is 0. The molecule has 0 saturated carbocycles. The Morgan fingerprint density at radius 2 is 1.81 bits per heavy atom. The zero-order valence-electron chi connectivity index (χ0n) is 16.3. The van der Waals surface area contributed by atoms with Crippen molar-refractivity contribution in [2.75, 3.05) is 4.90 Å². The van der Waals surface area contributed by atoms with E-state index in [4.69, 9.17) is 11.6 Å². The van der Waals surface area contributed by atoms with Crippen molar-refractivity contribution < 1.29 is 4.79 Å². The van der Waals surface area contributed by atoms with E-state index in [0.29, 0.717) is 10.6 Å². The van der Waals surface area contributed by atoms with Gasteiger partial charge in [0, 0.05) is 22.2 Å². The first kappa shape index (κ1) is 19.6. The third-order valence-corrected chi connectivity index (χ3v) is 7.17. The summed E-state index contributed by atoms with van der Waals surface area (Å²) in [5.41, 5.74) is 1.75. The smallest absolute Gasteiger partial charge is 0.185 e. The minimum Gasteiger partial charge on any atom is -0.351 e. The molecule has 150 valence electrons. The molecule has 0 radical (unpaired) electrons. The number of anilines is 1. The Morgan fingerprint density at radius 1 is 1.06 bits per heavy atom. The highest BCUT2D eigenvalue weighted by Gasteiger charge is 2.63. The van der Waals surface area contributed by atoms with Gasteiger partial charge in [-0.3, -0.25) is 4.79 Å². The summed E-state index contributed by atoms with van der Waals surface area (Å²) in [4.78, 5) is 15.9. The number of halogens is 1. The summed E-state index contributed by atoms with van der Waals surface area (Å²) in [7, 11) is 0. The molecule has 0 bridgehead atoms. The van der Waals surface area contributed by atoms with Crippen molar-refractivity contribution >= 4 is 40.5 Å². The molecule has 2 aliphatic rings. The van der Waals surface area contributed by atoms with Gasteiger partial charge in [0.15, 0.2) is 11.2 Å². The van der Waals surface area contributed by atoms with Gasteiger partial charge in [0.05, 0.1) is 18.2 Å².